The number of rotatable bonds is 3. The first-order chi connectivity index (χ1) is 8.03. The summed E-state index contributed by atoms with van der Waals surface area (Å²) in [4.78, 5) is 11.5. The second-order valence-electron chi connectivity index (χ2n) is 4.71. The molecule has 92 valence electrons. The summed E-state index contributed by atoms with van der Waals surface area (Å²) >= 11 is 9.50. The quantitative estimate of drug-likeness (QED) is 0.903. The first-order valence-corrected chi connectivity index (χ1v) is 6.88. The normalized spacial score (nSPS) is 18.2. The van der Waals surface area contributed by atoms with Gasteiger partial charge in [0.2, 0.25) is 0 Å². The number of halogens is 2. The molecule has 0 aromatic heterocycles. The van der Waals surface area contributed by atoms with Crippen LogP contribution in [0.5, 0.6) is 0 Å². The fourth-order valence-electron chi connectivity index (χ4n) is 2.55. The molecule has 2 rings (SSSR count). The molecule has 0 aliphatic heterocycles. The molecule has 0 spiro atoms. The van der Waals surface area contributed by atoms with Crippen LogP contribution < -0.4 is 0 Å². The predicted octanol–water partition coefficient (Wildman–Crippen LogP) is 4.29. The van der Waals surface area contributed by atoms with Crippen LogP contribution in [0.2, 0.25) is 5.02 Å². The molecule has 0 atom stereocenters. The zero-order chi connectivity index (χ0) is 12.5. The van der Waals surface area contributed by atoms with Crippen molar-refractivity contribution < 1.29 is 9.90 Å². The fraction of sp³-hybridized carbons (Fsp3) is 0.462. The third-order valence-corrected chi connectivity index (χ3v) is 4.40. The summed E-state index contributed by atoms with van der Waals surface area (Å²) in [6, 6.07) is 5.64. The van der Waals surface area contributed by atoms with Crippen LogP contribution in [-0.4, -0.2) is 11.1 Å². The highest BCUT2D eigenvalue weighted by atomic mass is 79.9. The average molecular weight is 318 g/mol. The zero-order valence-corrected chi connectivity index (χ0v) is 11.7. The molecule has 1 fully saturated rings. The van der Waals surface area contributed by atoms with Crippen molar-refractivity contribution in [1.29, 1.82) is 0 Å². The van der Waals surface area contributed by atoms with Crippen LogP contribution in [0.3, 0.4) is 0 Å². The lowest BCUT2D eigenvalue weighted by Crippen LogP contribution is -2.30. The number of aliphatic carboxylic acids is 1. The van der Waals surface area contributed by atoms with Crippen molar-refractivity contribution in [2.24, 2.45) is 5.41 Å². The first kappa shape index (κ1) is 12.9. The molecule has 1 N–H and O–H groups in total. The third-order valence-electron chi connectivity index (χ3n) is 3.56. The Morgan fingerprint density at radius 2 is 2.06 bits per heavy atom. The van der Waals surface area contributed by atoms with E-state index in [9.17, 15) is 9.90 Å². The Kier molecular flexibility index (Phi) is 3.79. The summed E-state index contributed by atoms with van der Waals surface area (Å²) in [7, 11) is 0. The number of carboxylic acids is 1. The van der Waals surface area contributed by atoms with Gasteiger partial charge in [-0.2, -0.15) is 0 Å². The van der Waals surface area contributed by atoms with Gasteiger partial charge >= 0.3 is 5.97 Å². The molecular weight excluding hydrogens is 303 g/mol. The van der Waals surface area contributed by atoms with E-state index in [4.69, 9.17) is 11.6 Å². The molecule has 0 amide bonds. The second-order valence-corrected chi connectivity index (χ2v) is 6.03. The van der Waals surface area contributed by atoms with Gasteiger partial charge in [0.25, 0.3) is 0 Å². The molecule has 4 heteroatoms. The van der Waals surface area contributed by atoms with E-state index in [0.717, 1.165) is 35.7 Å². The van der Waals surface area contributed by atoms with Gasteiger partial charge in [0.15, 0.2) is 0 Å². The van der Waals surface area contributed by atoms with Crippen LogP contribution in [-0.2, 0) is 11.2 Å². The lowest BCUT2D eigenvalue weighted by atomic mass is 9.80. The van der Waals surface area contributed by atoms with E-state index in [1.54, 1.807) is 0 Å². The van der Waals surface area contributed by atoms with Gasteiger partial charge in [0.1, 0.15) is 0 Å². The summed E-state index contributed by atoms with van der Waals surface area (Å²) < 4.78 is 0.919. The summed E-state index contributed by atoms with van der Waals surface area (Å²) in [6.45, 7) is 0. The maximum absolute atomic E-state index is 11.5. The van der Waals surface area contributed by atoms with E-state index < -0.39 is 11.4 Å². The Hall–Kier alpha value is -0.540. The smallest absolute Gasteiger partial charge is 0.309 e. The van der Waals surface area contributed by atoms with Gasteiger partial charge in [-0.05, 0) is 37.0 Å². The van der Waals surface area contributed by atoms with E-state index in [1.165, 1.54) is 0 Å². The molecule has 2 nitrogen and oxygen atoms in total. The highest BCUT2D eigenvalue weighted by molar-refractivity contribution is 9.10. The van der Waals surface area contributed by atoms with Gasteiger partial charge < -0.3 is 5.11 Å². The number of hydrogen-bond acceptors (Lipinski definition) is 1. The van der Waals surface area contributed by atoms with Crippen LogP contribution in [0, 0.1) is 5.41 Å². The lowest BCUT2D eigenvalue weighted by Gasteiger charge is -2.24. The molecule has 1 aromatic carbocycles. The molecule has 1 aliphatic rings. The van der Waals surface area contributed by atoms with Crippen LogP contribution in [0.4, 0.5) is 0 Å². The Bertz CT molecular complexity index is 439. The van der Waals surface area contributed by atoms with Crippen LogP contribution >= 0.6 is 27.5 Å². The maximum Gasteiger partial charge on any atom is 0.309 e. The average Bonchev–Trinajstić information content (AvgIpc) is 2.72. The van der Waals surface area contributed by atoms with E-state index in [1.807, 2.05) is 18.2 Å². The molecule has 1 saturated carbocycles. The number of benzene rings is 1. The van der Waals surface area contributed by atoms with E-state index in [0.29, 0.717) is 11.4 Å². The highest BCUT2D eigenvalue weighted by Crippen LogP contribution is 2.42. The molecular formula is C13H14BrClO2. The van der Waals surface area contributed by atoms with E-state index in [-0.39, 0.29) is 0 Å². The number of hydrogen-bond donors (Lipinski definition) is 1. The van der Waals surface area contributed by atoms with Gasteiger partial charge in [0.05, 0.1) is 5.41 Å². The van der Waals surface area contributed by atoms with Crippen molar-refractivity contribution in [2.45, 2.75) is 32.1 Å². The SMILES string of the molecule is O=C(O)C1(Cc2ccc(Br)cc2Cl)CCCC1. The van der Waals surface area contributed by atoms with Crippen molar-refractivity contribution in [3.63, 3.8) is 0 Å². The van der Waals surface area contributed by atoms with Gasteiger partial charge in [0, 0.05) is 9.50 Å². The van der Waals surface area contributed by atoms with Gasteiger partial charge in [-0.25, -0.2) is 0 Å². The van der Waals surface area contributed by atoms with E-state index >= 15 is 0 Å². The zero-order valence-electron chi connectivity index (χ0n) is 9.38. The number of carbonyl (C=O) groups is 1. The molecule has 0 unspecified atom stereocenters. The largest absolute Gasteiger partial charge is 0.481 e. The van der Waals surface area contributed by atoms with Crippen molar-refractivity contribution in [2.75, 3.05) is 0 Å². The standard InChI is InChI=1S/C13H14BrClO2/c14-10-4-3-9(11(15)7-10)8-13(12(16)17)5-1-2-6-13/h3-4,7H,1-2,5-6,8H2,(H,16,17). The summed E-state index contributed by atoms with van der Waals surface area (Å²) in [5.41, 5.74) is 0.330. The van der Waals surface area contributed by atoms with Crippen molar-refractivity contribution in [1.82, 2.24) is 0 Å². The molecule has 1 aromatic rings. The Morgan fingerprint density at radius 1 is 1.41 bits per heavy atom. The van der Waals surface area contributed by atoms with Crippen LogP contribution in [0.1, 0.15) is 31.2 Å². The van der Waals surface area contributed by atoms with E-state index in [2.05, 4.69) is 15.9 Å². The molecule has 0 heterocycles. The monoisotopic (exact) mass is 316 g/mol. The molecule has 1 aliphatic carbocycles. The molecule has 0 saturated heterocycles. The molecule has 17 heavy (non-hydrogen) atoms. The maximum atomic E-state index is 11.5. The predicted molar refractivity (Wildman–Crippen MR) is 71.4 cm³/mol. The van der Waals surface area contributed by atoms with Crippen molar-refractivity contribution in [3.8, 4) is 0 Å². The fourth-order valence-corrected chi connectivity index (χ4v) is 3.29. The summed E-state index contributed by atoms with van der Waals surface area (Å²) in [5, 5.41) is 10.1. The van der Waals surface area contributed by atoms with Gasteiger partial charge in [-0.15, -0.1) is 0 Å². The van der Waals surface area contributed by atoms with Crippen LogP contribution in [0.25, 0.3) is 0 Å². The lowest BCUT2D eigenvalue weighted by molar-refractivity contribution is -0.148. The second kappa shape index (κ2) is 4.99. The minimum atomic E-state index is -0.686. The third kappa shape index (κ3) is 2.66. The Morgan fingerprint density at radius 3 is 2.59 bits per heavy atom. The minimum absolute atomic E-state index is 0.536. The minimum Gasteiger partial charge on any atom is -0.481 e. The van der Waals surface area contributed by atoms with Crippen molar-refractivity contribution in [3.05, 3.63) is 33.3 Å². The van der Waals surface area contributed by atoms with Gasteiger partial charge in [-0.3, -0.25) is 4.79 Å². The van der Waals surface area contributed by atoms with Gasteiger partial charge in [-0.1, -0.05) is 46.4 Å². The Labute approximate surface area is 114 Å². The first-order valence-electron chi connectivity index (χ1n) is 5.71. The van der Waals surface area contributed by atoms with Crippen LogP contribution in [0.15, 0.2) is 22.7 Å². The van der Waals surface area contributed by atoms with Crippen molar-refractivity contribution >= 4 is 33.5 Å². The molecule has 0 bridgehead atoms. The summed E-state index contributed by atoms with van der Waals surface area (Å²) in [5.74, 6) is -0.686. The summed E-state index contributed by atoms with van der Waals surface area (Å²) in [6.07, 6.45) is 4.05. The number of carboxylic acid groups (broad SMARTS) is 1. The topological polar surface area (TPSA) is 37.3 Å². The Balaban J connectivity index is 2.26. The highest BCUT2D eigenvalue weighted by Gasteiger charge is 2.41. The molecule has 0 radical (unpaired) electrons.